The molecule has 4 nitrogen and oxygen atoms in total. The first-order valence-electron chi connectivity index (χ1n) is 5.92. The zero-order valence-electron chi connectivity index (χ0n) is 10.6. The summed E-state index contributed by atoms with van der Waals surface area (Å²) in [7, 11) is 0. The van der Waals surface area contributed by atoms with Crippen LogP contribution >= 0.6 is 11.3 Å². The van der Waals surface area contributed by atoms with Gasteiger partial charge in [0.15, 0.2) is 0 Å². The van der Waals surface area contributed by atoms with Gasteiger partial charge in [0.05, 0.1) is 0 Å². The van der Waals surface area contributed by atoms with Gasteiger partial charge in [-0.1, -0.05) is 0 Å². The predicted octanol–water partition coefficient (Wildman–Crippen LogP) is 2.78. The number of pyridine rings is 1. The molecular formula is C13H18N4S. The van der Waals surface area contributed by atoms with E-state index in [0.717, 1.165) is 12.1 Å². The topological polar surface area (TPSA) is 63.0 Å². The standard InChI is InChI=1S/C13H18N4S/c1-9(7-12-4-3-10(2)18-12)16-11-5-6-15-13(8-11)17-14/h3-6,8-9H,7,14H2,1-2H3,(H2,15,16,17). The van der Waals surface area contributed by atoms with Gasteiger partial charge in [-0.2, -0.15) is 0 Å². The van der Waals surface area contributed by atoms with Crippen LogP contribution in [-0.2, 0) is 6.42 Å². The number of nitrogen functional groups attached to an aromatic ring is 1. The molecule has 18 heavy (non-hydrogen) atoms. The fourth-order valence-electron chi connectivity index (χ4n) is 1.83. The number of hydrogen-bond donors (Lipinski definition) is 3. The Kier molecular flexibility index (Phi) is 4.17. The van der Waals surface area contributed by atoms with E-state index in [1.807, 2.05) is 23.5 Å². The van der Waals surface area contributed by atoms with Crippen molar-refractivity contribution in [3.8, 4) is 0 Å². The molecular weight excluding hydrogens is 244 g/mol. The number of aromatic nitrogens is 1. The lowest BCUT2D eigenvalue weighted by Crippen LogP contribution is -2.18. The molecule has 0 radical (unpaired) electrons. The summed E-state index contributed by atoms with van der Waals surface area (Å²) in [6.45, 7) is 4.30. The van der Waals surface area contributed by atoms with Crippen LogP contribution < -0.4 is 16.6 Å². The monoisotopic (exact) mass is 262 g/mol. The van der Waals surface area contributed by atoms with Crippen LogP contribution in [0.25, 0.3) is 0 Å². The summed E-state index contributed by atoms with van der Waals surface area (Å²) in [6, 6.07) is 8.57. The van der Waals surface area contributed by atoms with Crippen LogP contribution in [0, 0.1) is 6.92 Å². The van der Waals surface area contributed by atoms with Crippen molar-refractivity contribution >= 4 is 22.8 Å². The van der Waals surface area contributed by atoms with Crippen molar-refractivity contribution < 1.29 is 0 Å². The van der Waals surface area contributed by atoms with Gasteiger partial charge < -0.3 is 10.7 Å². The van der Waals surface area contributed by atoms with E-state index < -0.39 is 0 Å². The van der Waals surface area contributed by atoms with E-state index >= 15 is 0 Å². The molecule has 0 fully saturated rings. The lowest BCUT2D eigenvalue weighted by molar-refractivity contribution is 0.800. The minimum atomic E-state index is 0.371. The highest BCUT2D eigenvalue weighted by Gasteiger charge is 2.06. The molecule has 0 saturated heterocycles. The molecule has 2 aromatic rings. The third-order valence-electron chi connectivity index (χ3n) is 2.62. The Morgan fingerprint density at radius 3 is 2.89 bits per heavy atom. The van der Waals surface area contributed by atoms with Crippen molar-refractivity contribution in [2.24, 2.45) is 5.84 Å². The average Bonchev–Trinajstić information content (AvgIpc) is 2.74. The number of hydrogen-bond acceptors (Lipinski definition) is 5. The summed E-state index contributed by atoms with van der Waals surface area (Å²) >= 11 is 1.85. The molecule has 5 heteroatoms. The molecule has 2 rings (SSSR count). The van der Waals surface area contributed by atoms with E-state index in [0.29, 0.717) is 11.9 Å². The van der Waals surface area contributed by atoms with Gasteiger partial charge in [0.1, 0.15) is 5.82 Å². The Morgan fingerprint density at radius 2 is 2.22 bits per heavy atom. The van der Waals surface area contributed by atoms with E-state index in [1.54, 1.807) is 6.20 Å². The van der Waals surface area contributed by atoms with Crippen LogP contribution in [0.15, 0.2) is 30.5 Å². The molecule has 2 aromatic heterocycles. The van der Waals surface area contributed by atoms with Crippen LogP contribution in [0.5, 0.6) is 0 Å². The van der Waals surface area contributed by atoms with Gasteiger partial charge in [-0.05, 0) is 32.0 Å². The molecule has 0 bridgehead atoms. The zero-order valence-corrected chi connectivity index (χ0v) is 11.4. The Labute approximate surface area is 111 Å². The second kappa shape index (κ2) is 5.84. The largest absolute Gasteiger partial charge is 0.382 e. The minimum absolute atomic E-state index is 0.371. The smallest absolute Gasteiger partial charge is 0.141 e. The molecule has 1 atom stereocenters. The van der Waals surface area contributed by atoms with Gasteiger partial charge in [0.25, 0.3) is 0 Å². The van der Waals surface area contributed by atoms with Crippen molar-refractivity contribution in [2.75, 3.05) is 10.7 Å². The molecule has 0 amide bonds. The molecule has 0 aliphatic rings. The molecule has 0 aliphatic heterocycles. The van der Waals surface area contributed by atoms with Gasteiger partial charge in [-0.25, -0.2) is 10.8 Å². The van der Waals surface area contributed by atoms with Gasteiger partial charge >= 0.3 is 0 Å². The average molecular weight is 262 g/mol. The highest BCUT2D eigenvalue weighted by atomic mass is 32.1. The second-order valence-electron chi connectivity index (χ2n) is 4.34. The summed E-state index contributed by atoms with van der Waals surface area (Å²) in [4.78, 5) is 6.84. The van der Waals surface area contributed by atoms with E-state index in [1.165, 1.54) is 9.75 Å². The highest BCUT2D eigenvalue weighted by Crippen LogP contribution is 2.19. The van der Waals surface area contributed by atoms with Gasteiger partial charge in [0.2, 0.25) is 0 Å². The van der Waals surface area contributed by atoms with Crippen molar-refractivity contribution in [1.29, 1.82) is 0 Å². The van der Waals surface area contributed by atoms with Crippen LogP contribution in [0.1, 0.15) is 16.7 Å². The van der Waals surface area contributed by atoms with Crippen LogP contribution in [0.4, 0.5) is 11.5 Å². The Balaban J connectivity index is 1.96. The maximum absolute atomic E-state index is 5.34. The van der Waals surface area contributed by atoms with E-state index in [4.69, 9.17) is 5.84 Å². The molecule has 0 aliphatic carbocycles. The van der Waals surface area contributed by atoms with Crippen LogP contribution in [0.2, 0.25) is 0 Å². The van der Waals surface area contributed by atoms with Crippen LogP contribution in [-0.4, -0.2) is 11.0 Å². The summed E-state index contributed by atoms with van der Waals surface area (Å²) in [5.74, 6) is 6.00. The number of nitrogens with two attached hydrogens (primary N) is 1. The van der Waals surface area contributed by atoms with Gasteiger partial charge in [-0.15, -0.1) is 11.3 Å². The predicted molar refractivity (Wildman–Crippen MR) is 77.9 cm³/mol. The summed E-state index contributed by atoms with van der Waals surface area (Å²) in [5, 5.41) is 3.45. The Hall–Kier alpha value is -1.59. The number of nitrogens with zero attached hydrogens (tertiary/aromatic N) is 1. The molecule has 2 heterocycles. The maximum atomic E-state index is 5.34. The number of nitrogens with one attached hydrogen (secondary N) is 2. The summed E-state index contributed by atoms with van der Waals surface area (Å²) < 4.78 is 0. The van der Waals surface area contributed by atoms with E-state index in [-0.39, 0.29) is 0 Å². The zero-order chi connectivity index (χ0) is 13.0. The number of aryl methyl sites for hydroxylation is 1. The molecule has 4 N–H and O–H groups in total. The normalized spacial score (nSPS) is 12.2. The number of thiophene rings is 1. The van der Waals surface area contributed by atoms with Crippen molar-refractivity contribution in [2.45, 2.75) is 26.3 Å². The maximum Gasteiger partial charge on any atom is 0.141 e. The van der Waals surface area contributed by atoms with Gasteiger partial charge in [0, 0.05) is 40.2 Å². The molecule has 0 spiro atoms. The Morgan fingerprint density at radius 1 is 1.39 bits per heavy atom. The minimum Gasteiger partial charge on any atom is -0.382 e. The highest BCUT2D eigenvalue weighted by molar-refractivity contribution is 7.11. The number of hydrazine groups is 1. The molecule has 1 unspecified atom stereocenters. The van der Waals surface area contributed by atoms with E-state index in [9.17, 15) is 0 Å². The first-order valence-corrected chi connectivity index (χ1v) is 6.73. The quantitative estimate of drug-likeness (QED) is 0.573. The van der Waals surface area contributed by atoms with E-state index in [2.05, 4.69) is 41.7 Å². The lowest BCUT2D eigenvalue weighted by atomic mass is 10.2. The third-order valence-corrected chi connectivity index (χ3v) is 3.65. The van der Waals surface area contributed by atoms with Crippen molar-refractivity contribution in [3.63, 3.8) is 0 Å². The first kappa shape index (κ1) is 12.9. The van der Waals surface area contributed by atoms with Crippen molar-refractivity contribution in [3.05, 3.63) is 40.2 Å². The lowest BCUT2D eigenvalue weighted by Gasteiger charge is -2.14. The SMILES string of the molecule is Cc1ccc(CC(C)Nc2ccnc(NN)c2)s1. The molecule has 0 saturated carbocycles. The first-order chi connectivity index (χ1) is 8.67. The molecule has 96 valence electrons. The van der Waals surface area contributed by atoms with Gasteiger partial charge in [-0.3, -0.25) is 0 Å². The fraction of sp³-hybridized carbons (Fsp3) is 0.308. The van der Waals surface area contributed by atoms with Crippen LogP contribution in [0.3, 0.4) is 0 Å². The summed E-state index contributed by atoms with van der Waals surface area (Å²) in [5.41, 5.74) is 3.57. The molecule has 0 aromatic carbocycles. The second-order valence-corrected chi connectivity index (χ2v) is 5.71. The number of rotatable bonds is 5. The number of anilines is 2. The van der Waals surface area contributed by atoms with Crippen molar-refractivity contribution in [1.82, 2.24) is 4.98 Å². The summed E-state index contributed by atoms with van der Waals surface area (Å²) in [6.07, 6.45) is 2.76. The Bertz CT molecular complexity index is 509. The third kappa shape index (κ3) is 3.45. The fourth-order valence-corrected chi connectivity index (χ4v) is 2.85.